The topological polar surface area (TPSA) is 69.2 Å². The molecule has 2 aliphatic heterocycles. The average molecular weight is 388 g/mol. The first-order chi connectivity index (χ1) is 13.3. The van der Waals surface area contributed by atoms with Crippen LogP contribution < -0.4 is 20.7 Å². The molecule has 0 saturated carbocycles. The van der Waals surface area contributed by atoms with Crippen LogP contribution in [0.1, 0.15) is 38.5 Å². The Morgan fingerprint density at radius 3 is 1.70 bits per heavy atom. The van der Waals surface area contributed by atoms with Crippen molar-refractivity contribution in [2.24, 2.45) is 0 Å². The third-order valence-electron chi connectivity index (χ3n) is 5.05. The molecule has 2 aromatic rings. The Bertz CT molecular complexity index is 704. The standard InChI is InChI=1S/C19H26ClN7/c20-15-7-9-16(10-8-15)24-25-17-21-18(26-11-3-1-4-12-26)23-19(22-17)27-13-5-2-6-14-27/h7-10,24H,1-6,11-14H2,(H,21,22,23,25). The molecule has 0 aliphatic carbocycles. The Morgan fingerprint density at radius 1 is 0.667 bits per heavy atom. The molecule has 3 heterocycles. The molecule has 0 spiro atoms. The van der Waals surface area contributed by atoms with Crippen molar-refractivity contribution in [3.8, 4) is 0 Å². The number of rotatable bonds is 5. The van der Waals surface area contributed by atoms with E-state index in [-0.39, 0.29) is 0 Å². The lowest BCUT2D eigenvalue weighted by molar-refractivity contribution is 0.556. The molecule has 0 radical (unpaired) electrons. The zero-order valence-electron chi connectivity index (χ0n) is 15.5. The van der Waals surface area contributed by atoms with Crippen molar-refractivity contribution >= 4 is 35.1 Å². The largest absolute Gasteiger partial charge is 0.341 e. The summed E-state index contributed by atoms with van der Waals surface area (Å²) in [6.45, 7) is 4.03. The zero-order chi connectivity index (χ0) is 18.5. The van der Waals surface area contributed by atoms with Gasteiger partial charge in [-0.05, 0) is 62.8 Å². The van der Waals surface area contributed by atoms with Crippen molar-refractivity contribution in [2.75, 3.05) is 46.8 Å². The number of nitrogens with zero attached hydrogens (tertiary/aromatic N) is 5. The average Bonchev–Trinajstić information content (AvgIpc) is 2.74. The number of hydrogen-bond donors (Lipinski definition) is 2. The van der Waals surface area contributed by atoms with Crippen molar-refractivity contribution in [3.05, 3.63) is 29.3 Å². The quantitative estimate of drug-likeness (QED) is 0.753. The predicted octanol–water partition coefficient (Wildman–Crippen LogP) is 3.94. The predicted molar refractivity (Wildman–Crippen MR) is 111 cm³/mol. The maximum absolute atomic E-state index is 5.95. The van der Waals surface area contributed by atoms with Crippen molar-refractivity contribution in [1.29, 1.82) is 0 Å². The molecule has 2 fully saturated rings. The van der Waals surface area contributed by atoms with Crippen LogP contribution in [0.4, 0.5) is 23.5 Å². The van der Waals surface area contributed by atoms with Gasteiger partial charge in [0.2, 0.25) is 17.8 Å². The molecular weight excluding hydrogens is 362 g/mol. The van der Waals surface area contributed by atoms with Crippen molar-refractivity contribution in [3.63, 3.8) is 0 Å². The minimum Gasteiger partial charge on any atom is -0.341 e. The van der Waals surface area contributed by atoms with E-state index in [0.717, 1.165) is 43.8 Å². The Balaban J connectivity index is 1.55. The normalized spacial score (nSPS) is 17.7. The summed E-state index contributed by atoms with van der Waals surface area (Å²) in [5, 5.41) is 0.709. The second-order valence-corrected chi connectivity index (χ2v) is 7.55. The second kappa shape index (κ2) is 8.61. The van der Waals surface area contributed by atoms with Crippen molar-refractivity contribution < 1.29 is 0 Å². The van der Waals surface area contributed by atoms with Crippen LogP contribution in [0, 0.1) is 0 Å². The van der Waals surface area contributed by atoms with Crippen LogP contribution in [-0.4, -0.2) is 41.1 Å². The molecule has 27 heavy (non-hydrogen) atoms. The molecule has 4 rings (SSSR count). The molecule has 1 aromatic carbocycles. The smallest absolute Gasteiger partial charge is 0.248 e. The lowest BCUT2D eigenvalue weighted by Crippen LogP contribution is -2.34. The van der Waals surface area contributed by atoms with Gasteiger partial charge >= 0.3 is 0 Å². The molecule has 2 aliphatic rings. The summed E-state index contributed by atoms with van der Waals surface area (Å²) in [5.41, 5.74) is 7.18. The van der Waals surface area contributed by atoms with E-state index in [4.69, 9.17) is 16.6 Å². The SMILES string of the molecule is Clc1ccc(NNc2nc(N3CCCCC3)nc(N3CCCCC3)n2)cc1. The monoisotopic (exact) mass is 387 g/mol. The summed E-state index contributed by atoms with van der Waals surface area (Å²) in [4.78, 5) is 18.7. The van der Waals surface area contributed by atoms with Gasteiger partial charge in [0.05, 0.1) is 5.69 Å². The number of aromatic nitrogens is 3. The summed E-state index contributed by atoms with van der Waals surface area (Å²) in [6.07, 6.45) is 7.33. The Morgan fingerprint density at radius 2 is 1.19 bits per heavy atom. The van der Waals surface area contributed by atoms with Crippen molar-refractivity contribution in [1.82, 2.24) is 15.0 Å². The molecule has 0 amide bonds. The minimum atomic E-state index is 0.543. The maximum Gasteiger partial charge on any atom is 0.248 e. The maximum atomic E-state index is 5.95. The molecule has 0 bridgehead atoms. The number of halogens is 1. The molecule has 0 unspecified atom stereocenters. The number of hydrazine groups is 1. The van der Waals surface area contributed by atoms with E-state index in [0.29, 0.717) is 11.0 Å². The van der Waals surface area contributed by atoms with Gasteiger partial charge in [-0.25, -0.2) is 0 Å². The fourth-order valence-corrected chi connectivity index (χ4v) is 3.67. The van der Waals surface area contributed by atoms with E-state index in [2.05, 4.69) is 30.6 Å². The van der Waals surface area contributed by atoms with Crippen LogP contribution in [0.15, 0.2) is 24.3 Å². The third-order valence-corrected chi connectivity index (χ3v) is 5.30. The fraction of sp³-hybridized carbons (Fsp3) is 0.526. The highest BCUT2D eigenvalue weighted by molar-refractivity contribution is 6.30. The Kier molecular flexibility index (Phi) is 5.77. The van der Waals surface area contributed by atoms with Gasteiger partial charge in [-0.1, -0.05) is 11.6 Å². The van der Waals surface area contributed by atoms with Gasteiger partial charge in [0.15, 0.2) is 0 Å². The number of anilines is 4. The molecule has 7 nitrogen and oxygen atoms in total. The number of piperidine rings is 2. The van der Waals surface area contributed by atoms with Crippen molar-refractivity contribution in [2.45, 2.75) is 38.5 Å². The van der Waals surface area contributed by atoms with Crippen LogP contribution in [0.3, 0.4) is 0 Å². The highest BCUT2D eigenvalue weighted by Crippen LogP contribution is 2.22. The van der Waals surface area contributed by atoms with Gasteiger partial charge in [-0.15, -0.1) is 0 Å². The van der Waals surface area contributed by atoms with E-state index in [1.165, 1.54) is 38.5 Å². The number of hydrogen-bond acceptors (Lipinski definition) is 7. The van der Waals surface area contributed by atoms with Crippen LogP contribution in [0.2, 0.25) is 5.02 Å². The Hall–Kier alpha value is -2.28. The zero-order valence-corrected chi connectivity index (χ0v) is 16.3. The lowest BCUT2D eigenvalue weighted by atomic mass is 10.1. The molecule has 2 N–H and O–H groups in total. The summed E-state index contributed by atoms with van der Waals surface area (Å²) in [7, 11) is 0. The molecule has 8 heteroatoms. The van der Waals surface area contributed by atoms with Gasteiger partial charge in [0.25, 0.3) is 0 Å². The van der Waals surface area contributed by atoms with Crippen LogP contribution in [-0.2, 0) is 0 Å². The highest BCUT2D eigenvalue weighted by Gasteiger charge is 2.20. The third kappa shape index (κ3) is 4.71. The molecular formula is C19H26ClN7. The molecule has 0 atom stereocenters. The van der Waals surface area contributed by atoms with E-state index in [9.17, 15) is 0 Å². The molecule has 144 valence electrons. The highest BCUT2D eigenvalue weighted by atomic mass is 35.5. The summed E-state index contributed by atoms with van der Waals surface area (Å²) >= 11 is 5.95. The first kappa shape index (κ1) is 18.1. The van der Waals surface area contributed by atoms with E-state index in [1.807, 2.05) is 24.3 Å². The second-order valence-electron chi connectivity index (χ2n) is 7.11. The summed E-state index contributed by atoms with van der Waals surface area (Å²) < 4.78 is 0. The van der Waals surface area contributed by atoms with Crippen LogP contribution >= 0.6 is 11.6 Å². The number of benzene rings is 1. The summed E-state index contributed by atoms with van der Waals surface area (Å²) in [6, 6.07) is 7.51. The van der Waals surface area contributed by atoms with Crippen LogP contribution in [0.25, 0.3) is 0 Å². The van der Waals surface area contributed by atoms with Gasteiger partial charge in [0.1, 0.15) is 0 Å². The summed E-state index contributed by atoms with van der Waals surface area (Å²) in [5.74, 6) is 2.08. The molecule has 1 aromatic heterocycles. The van der Waals surface area contributed by atoms with E-state index < -0.39 is 0 Å². The number of nitrogens with one attached hydrogen (secondary N) is 2. The van der Waals surface area contributed by atoms with Gasteiger partial charge in [-0.3, -0.25) is 10.9 Å². The van der Waals surface area contributed by atoms with Gasteiger partial charge in [-0.2, -0.15) is 15.0 Å². The fourth-order valence-electron chi connectivity index (χ4n) is 3.54. The van der Waals surface area contributed by atoms with Gasteiger partial charge < -0.3 is 9.80 Å². The van der Waals surface area contributed by atoms with Crippen LogP contribution in [0.5, 0.6) is 0 Å². The molecule has 2 saturated heterocycles. The minimum absolute atomic E-state index is 0.543. The Labute approximate surface area is 165 Å². The van der Waals surface area contributed by atoms with Gasteiger partial charge in [0, 0.05) is 31.2 Å². The lowest BCUT2D eigenvalue weighted by Gasteiger charge is -2.30. The van der Waals surface area contributed by atoms with E-state index in [1.54, 1.807) is 0 Å². The van der Waals surface area contributed by atoms with E-state index >= 15 is 0 Å². The first-order valence-electron chi connectivity index (χ1n) is 9.81. The first-order valence-corrected chi connectivity index (χ1v) is 10.2.